The summed E-state index contributed by atoms with van der Waals surface area (Å²) in [6.07, 6.45) is 57.7. The number of aromatic nitrogens is 2. The number of H-pyrrole nitrogens is 1. The second-order valence-corrected chi connectivity index (χ2v) is 16.1. The summed E-state index contributed by atoms with van der Waals surface area (Å²) < 4.78 is 2.62. The highest BCUT2D eigenvalue weighted by atomic mass is 15.1. The molecule has 1 N–H and O–H groups in total. The van der Waals surface area contributed by atoms with Crippen molar-refractivity contribution >= 4 is 0 Å². The van der Waals surface area contributed by atoms with Crippen LogP contribution in [-0.2, 0) is 0 Å². The molecule has 0 fully saturated rings. The lowest BCUT2D eigenvalue weighted by molar-refractivity contribution is -0.727. The highest BCUT2D eigenvalue weighted by Crippen LogP contribution is 2.27. The van der Waals surface area contributed by atoms with Crippen LogP contribution in [0.25, 0.3) is 0 Å². The molecule has 2 unspecified atom stereocenters. The first kappa shape index (κ1) is 45.2. The van der Waals surface area contributed by atoms with Crippen LogP contribution in [0, 0.1) is 0 Å². The highest BCUT2D eigenvalue weighted by molar-refractivity contribution is 4.90. The van der Waals surface area contributed by atoms with Crippen LogP contribution in [0.2, 0.25) is 0 Å². The first-order chi connectivity index (χ1) is 23.7. The first-order valence-corrected chi connectivity index (χ1v) is 22.8. The largest absolute Gasteiger partial charge is 0.257 e. The minimum atomic E-state index is 0.618. The van der Waals surface area contributed by atoms with Crippen molar-refractivity contribution in [3.63, 3.8) is 0 Å². The summed E-state index contributed by atoms with van der Waals surface area (Å²) in [5, 5.41) is 0. The summed E-state index contributed by atoms with van der Waals surface area (Å²) in [4.78, 5) is 3.75. The molecule has 1 rings (SSSR count). The summed E-state index contributed by atoms with van der Waals surface area (Å²) in [6.45, 7) is 9.40. The molecule has 284 valence electrons. The molecule has 2 atom stereocenters. The molecule has 1 heterocycles. The monoisotopic (exact) mass is 672 g/mol. The van der Waals surface area contributed by atoms with Gasteiger partial charge in [-0.1, -0.05) is 233 Å². The minimum absolute atomic E-state index is 0.618. The predicted molar refractivity (Wildman–Crippen MR) is 216 cm³/mol. The van der Waals surface area contributed by atoms with Crippen LogP contribution < -0.4 is 4.57 Å². The summed E-state index contributed by atoms with van der Waals surface area (Å²) in [7, 11) is 0. The van der Waals surface area contributed by atoms with E-state index in [-0.39, 0.29) is 0 Å². The SMILES string of the molecule is CCCCCCCCCCCCCCCCCCC(CCCCCCCCCCCCCCCCC)c1[nH]cc[n+]1C(C)CCCCC. The fraction of sp³-hybridized carbons (Fsp3) is 0.935. The third-order valence-corrected chi connectivity index (χ3v) is 11.4. The molecule has 0 bridgehead atoms. The topological polar surface area (TPSA) is 19.7 Å². The summed E-state index contributed by atoms with van der Waals surface area (Å²) in [5.74, 6) is 2.24. The molecule has 0 aliphatic rings. The molecule has 0 aliphatic carbocycles. The smallest absolute Gasteiger partial charge is 0.247 e. The number of nitrogens with one attached hydrogen (secondary N) is 1. The Kier molecular flexibility index (Phi) is 33.9. The number of imidazole rings is 1. The minimum Gasteiger partial charge on any atom is -0.247 e. The van der Waals surface area contributed by atoms with Crippen molar-refractivity contribution in [1.82, 2.24) is 4.98 Å². The van der Waals surface area contributed by atoms with Crippen molar-refractivity contribution in [2.45, 2.75) is 277 Å². The Morgan fingerprint density at radius 1 is 0.396 bits per heavy atom. The van der Waals surface area contributed by atoms with Crippen molar-refractivity contribution < 1.29 is 4.57 Å². The molecule has 0 amide bonds. The van der Waals surface area contributed by atoms with Gasteiger partial charge in [0.15, 0.2) is 0 Å². The van der Waals surface area contributed by atoms with Gasteiger partial charge < -0.3 is 0 Å². The van der Waals surface area contributed by atoms with Crippen LogP contribution in [0.15, 0.2) is 12.4 Å². The number of aromatic amines is 1. The van der Waals surface area contributed by atoms with E-state index in [1.165, 1.54) is 243 Å². The van der Waals surface area contributed by atoms with Crippen LogP contribution in [0.4, 0.5) is 0 Å². The number of unbranched alkanes of at least 4 members (excludes halogenated alkanes) is 31. The molecular formula is C46H91N2+. The second kappa shape index (κ2) is 36.0. The molecule has 0 aliphatic heterocycles. The average Bonchev–Trinajstić information content (AvgIpc) is 3.59. The van der Waals surface area contributed by atoms with Crippen molar-refractivity contribution in [3.05, 3.63) is 18.2 Å². The quantitative estimate of drug-likeness (QED) is 0.0531. The Bertz CT molecular complexity index is 738. The summed E-state index contributed by atoms with van der Waals surface area (Å²) >= 11 is 0. The van der Waals surface area contributed by atoms with Crippen LogP contribution in [-0.4, -0.2) is 4.98 Å². The van der Waals surface area contributed by atoms with Crippen molar-refractivity contribution in [2.75, 3.05) is 0 Å². The maximum atomic E-state index is 3.75. The van der Waals surface area contributed by atoms with Crippen LogP contribution >= 0.6 is 0 Å². The van der Waals surface area contributed by atoms with Crippen LogP contribution in [0.1, 0.15) is 283 Å². The van der Waals surface area contributed by atoms with Gasteiger partial charge in [-0.3, -0.25) is 0 Å². The van der Waals surface area contributed by atoms with Gasteiger partial charge in [-0.25, -0.2) is 9.55 Å². The second-order valence-electron chi connectivity index (χ2n) is 16.1. The van der Waals surface area contributed by atoms with Crippen LogP contribution in [0.5, 0.6) is 0 Å². The van der Waals surface area contributed by atoms with Crippen molar-refractivity contribution in [1.29, 1.82) is 0 Å². The van der Waals surface area contributed by atoms with E-state index in [1.807, 2.05) is 0 Å². The Hall–Kier alpha value is -0.790. The van der Waals surface area contributed by atoms with E-state index in [1.54, 1.807) is 0 Å². The molecule has 48 heavy (non-hydrogen) atoms. The molecule has 0 saturated heterocycles. The van der Waals surface area contributed by atoms with E-state index in [0.717, 1.165) is 0 Å². The molecule has 2 nitrogen and oxygen atoms in total. The Labute approximate surface area is 304 Å². The lowest BCUT2D eigenvalue weighted by atomic mass is 9.92. The zero-order valence-corrected chi connectivity index (χ0v) is 33.9. The maximum Gasteiger partial charge on any atom is 0.257 e. The van der Waals surface area contributed by atoms with Gasteiger partial charge in [0.05, 0.1) is 12.0 Å². The third kappa shape index (κ3) is 27.0. The van der Waals surface area contributed by atoms with Crippen molar-refractivity contribution in [3.8, 4) is 0 Å². The van der Waals surface area contributed by atoms with E-state index in [2.05, 4.69) is 49.6 Å². The molecule has 0 aromatic carbocycles. The predicted octanol–water partition coefficient (Wildman–Crippen LogP) is 16.4. The number of rotatable bonds is 39. The van der Waals surface area contributed by atoms with E-state index >= 15 is 0 Å². The van der Waals surface area contributed by atoms with E-state index in [4.69, 9.17) is 0 Å². The number of nitrogens with zero attached hydrogens (tertiary/aromatic N) is 1. The van der Waals surface area contributed by atoms with Gasteiger partial charge in [0, 0.05) is 0 Å². The van der Waals surface area contributed by atoms with Crippen LogP contribution in [0.3, 0.4) is 0 Å². The third-order valence-electron chi connectivity index (χ3n) is 11.4. The lowest BCUT2D eigenvalue weighted by Gasteiger charge is -2.17. The van der Waals surface area contributed by atoms with Gasteiger partial charge in [-0.05, 0) is 32.6 Å². The van der Waals surface area contributed by atoms with Gasteiger partial charge in [-0.15, -0.1) is 0 Å². The molecule has 2 heteroatoms. The highest BCUT2D eigenvalue weighted by Gasteiger charge is 2.25. The van der Waals surface area contributed by atoms with Gasteiger partial charge in [0.2, 0.25) is 0 Å². The number of hydrogen-bond acceptors (Lipinski definition) is 0. The average molecular weight is 672 g/mol. The fourth-order valence-electron chi connectivity index (χ4n) is 8.02. The normalized spacial score (nSPS) is 13.0. The fourth-order valence-corrected chi connectivity index (χ4v) is 8.02. The Morgan fingerprint density at radius 3 is 1.00 bits per heavy atom. The lowest BCUT2D eigenvalue weighted by Crippen LogP contribution is -2.41. The first-order valence-electron chi connectivity index (χ1n) is 22.8. The Morgan fingerprint density at radius 2 is 0.667 bits per heavy atom. The molecule has 1 aromatic rings. The zero-order chi connectivity index (χ0) is 34.6. The molecular weight excluding hydrogens is 581 g/mol. The van der Waals surface area contributed by atoms with E-state index in [0.29, 0.717) is 12.0 Å². The molecule has 1 aromatic heterocycles. The molecule has 0 spiro atoms. The van der Waals surface area contributed by atoms with E-state index in [9.17, 15) is 0 Å². The van der Waals surface area contributed by atoms with Crippen molar-refractivity contribution in [2.24, 2.45) is 0 Å². The van der Waals surface area contributed by atoms with Gasteiger partial charge in [0.1, 0.15) is 12.4 Å². The maximum absolute atomic E-state index is 3.75. The van der Waals surface area contributed by atoms with E-state index < -0.39 is 0 Å². The summed E-state index contributed by atoms with van der Waals surface area (Å²) in [5.41, 5.74) is 0. The summed E-state index contributed by atoms with van der Waals surface area (Å²) in [6, 6.07) is 0.618. The molecule has 0 saturated carbocycles. The Balaban J connectivity index is 2.24. The van der Waals surface area contributed by atoms with Gasteiger partial charge in [0.25, 0.3) is 5.82 Å². The molecule has 0 radical (unpaired) electrons. The number of hydrogen-bond donors (Lipinski definition) is 1. The van der Waals surface area contributed by atoms with Gasteiger partial charge in [-0.2, -0.15) is 0 Å². The van der Waals surface area contributed by atoms with Gasteiger partial charge >= 0.3 is 0 Å². The zero-order valence-electron chi connectivity index (χ0n) is 33.9. The standard InChI is InChI=1S/C46H90N2/c1-5-8-11-13-15-17-19-21-23-25-27-29-31-33-35-38-41-45(46-47-42-43-48(46)44(4)39-36-10-7-3)40-37-34-32-30-28-26-24-22-20-18-16-14-12-9-6-2/h42-45H,5-41H2,1-4H3/p+1.